The van der Waals surface area contributed by atoms with Crippen molar-refractivity contribution >= 4 is 23.4 Å². The highest BCUT2D eigenvalue weighted by Crippen LogP contribution is 2.22. The van der Waals surface area contributed by atoms with Crippen LogP contribution in [0.15, 0.2) is 54.6 Å². The summed E-state index contributed by atoms with van der Waals surface area (Å²) < 4.78 is 0. The van der Waals surface area contributed by atoms with E-state index in [9.17, 15) is 14.4 Å². The summed E-state index contributed by atoms with van der Waals surface area (Å²) in [4.78, 5) is 37.9. The molecule has 2 aromatic rings. The number of hydrogen-bond acceptors (Lipinski definition) is 4. The van der Waals surface area contributed by atoms with Gasteiger partial charge < -0.3 is 0 Å². The predicted molar refractivity (Wildman–Crippen MR) is 103 cm³/mol. The van der Waals surface area contributed by atoms with Crippen molar-refractivity contribution in [2.24, 2.45) is 0 Å². The molecule has 27 heavy (non-hydrogen) atoms. The number of imide groups is 1. The maximum Gasteiger partial charge on any atom is 0.261 e. The molecular formula is C21H23N3O3. The van der Waals surface area contributed by atoms with E-state index in [1.165, 1.54) is 4.90 Å². The van der Waals surface area contributed by atoms with Crippen molar-refractivity contribution in [2.75, 3.05) is 18.6 Å². The van der Waals surface area contributed by atoms with Crippen molar-refractivity contribution in [3.8, 4) is 0 Å². The number of hydrazine groups is 1. The van der Waals surface area contributed by atoms with Crippen LogP contribution in [0.3, 0.4) is 0 Å². The van der Waals surface area contributed by atoms with E-state index in [-0.39, 0.29) is 17.7 Å². The zero-order valence-corrected chi connectivity index (χ0v) is 15.4. The van der Waals surface area contributed by atoms with Gasteiger partial charge in [0.1, 0.15) is 0 Å². The maximum atomic E-state index is 12.3. The molecule has 0 bridgehead atoms. The van der Waals surface area contributed by atoms with Crippen molar-refractivity contribution in [3.05, 3.63) is 65.7 Å². The van der Waals surface area contributed by atoms with Gasteiger partial charge in [-0.15, -0.1) is 0 Å². The average Bonchev–Trinajstić information content (AvgIpc) is 2.93. The van der Waals surface area contributed by atoms with E-state index < -0.39 is 0 Å². The van der Waals surface area contributed by atoms with Gasteiger partial charge in [0.15, 0.2) is 0 Å². The molecule has 0 spiro atoms. The summed E-state index contributed by atoms with van der Waals surface area (Å²) in [5.41, 5.74) is 4.70. The minimum Gasteiger partial charge on any atom is -0.289 e. The van der Waals surface area contributed by atoms with E-state index in [1.807, 2.05) is 30.3 Å². The largest absolute Gasteiger partial charge is 0.289 e. The lowest BCUT2D eigenvalue weighted by atomic mass is 10.1. The monoisotopic (exact) mass is 365 g/mol. The van der Waals surface area contributed by atoms with E-state index in [0.29, 0.717) is 36.9 Å². The van der Waals surface area contributed by atoms with Crippen LogP contribution in [0.25, 0.3) is 0 Å². The molecule has 0 aromatic heterocycles. The van der Waals surface area contributed by atoms with Gasteiger partial charge in [0.25, 0.3) is 11.8 Å². The Morgan fingerprint density at radius 3 is 2.11 bits per heavy atom. The second-order valence-corrected chi connectivity index (χ2v) is 6.55. The third-order valence-electron chi connectivity index (χ3n) is 4.60. The summed E-state index contributed by atoms with van der Waals surface area (Å²) in [6.45, 7) is 0.387. The summed E-state index contributed by atoms with van der Waals surface area (Å²) in [6, 6.07) is 16.5. The van der Waals surface area contributed by atoms with Crippen LogP contribution in [0.5, 0.6) is 0 Å². The number of carbonyl (C=O) groups is 3. The first-order valence-electron chi connectivity index (χ1n) is 9.11. The summed E-state index contributed by atoms with van der Waals surface area (Å²) in [7, 11) is 1.80. The lowest BCUT2D eigenvalue weighted by Gasteiger charge is -2.20. The molecule has 0 atom stereocenters. The van der Waals surface area contributed by atoms with Crippen molar-refractivity contribution in [1.29, 1.82) is 0 Å². The zero-order chi connectivity index (χ0) is 19.2. The first-order chi connectivity index (χ1) is 13.1. The lowest BCUT2D eigenvalue weighted by Crippen LogP contribution is -2.39. The van der Waals surface area contributed by atoms with Crippen molar-refractivity contribution in [1.82, 2.24) is 10.3 Å². The normalized spacial score (nSPS) is 12.9. The number of benzene rings is 2. The lowest BCUT2D eigenvalue weighted by molar-refractivity contribution is -0.121. The summed E-state index contributed by atoms with van der Waals surface area (Å²) in [5.74, 6) is -0.502. The van der Waals surface area contributed by atoms with Gasteiger partial charge in [-0.05, 0) is 37.1 Å². The van der Waals surface area contributed by atoms with Crippen LogP contribution in [0.2, 0.25) is 0 Å². The van der Waals surface area contributed by atoms with Gasteiger partial charge in [-0.25, -0.2) is 0 Å². The highest BCUT2D eigenvalue weighted by Gasteiger charge is 2.34. The number of anilines is 1. The third kappa shape index (κ3) is 4.34. The summed E-state index contributed by atoms with van der Waals surface area (Å²) in [5, 5.41) is 1.70. The summed E-state index contributed by atoms with van der Waals surface area (Å²) >= 11 is 0. The second kappa shape index (κ2) is 8.49. The van der Waals surface area contributed by atoms with Crippen LogP contribution < -0.4 is 10.4 Å². The summed E-state index contributed by atoms with van der Waals surface area (Å²) in [6.07, 6.45) is 2.57. The Morgan fingerprint density at radius 1 is 0.889 bits per heavy atom. The van der Waals surface area contributed by atoms with Crippen LogP contribution >= 0.6 is 0 Å². The van der Waals surface area contributed by atoms with E-state index in [4.69, 9.17) is 0 Å². The van der Waals surface area contributed by atoms with Crippen molar-refractivity contribution in [2.45, 2.75) is 25.7 Å². The fourth-order valence-electron chi connectivity index (χ4n) is 3.13. The molecule has 6 heteroatoms. The number of unbranched alkanes of at least 4 members (excludes halogenated alkanes) is 2. The zero-order valence-electron chi connectivity index (χ0n) is 15.4. The maximum absolute atomic E-state index is 12.3. The van der Waals surface area contributed by atoms with Crippen molar-refractivity contribution < 1.29 is 14.4 Å². The number of hydrogen-bond donors (Lipinski definition) is 1. The number of nitrogens with one attached hydrogen (secondary N) is 1. The topological polar surface area (TPSA) is 69.7 Å². The number of nitrogens with zero attached hydrogens (tertiary/aromatic N) is 2. The van der Waals surface area contributed by atoms with Gasteiger partial charge in [0.05, 0.1) is 16.8 Å². The van der Waals surface area contributed by atoms with E-state index in [0.717, 1.165) is 12.1 Å². The SMILES string of the molecule is CN(NC(=O)CCCCCN1C(=O)c2ccccc2C1=O)c1ccccc1. The van der Waals surface area contributed by atoms with E-state index in [1.54, 1.807) is 36.3 Å². The number of fused-ring (bicyclic) bond motifs is 1. The van der Waals surface area contributed by atoms with E-state index >= 15 is 0 Å². The highest BCUT2D eigenvalue weighted by atomic mass is 16.2. The molecule has 6 nitrogen and oxygen atoms in total. The number of carbonyl (C=O) groups excluding carboxylic acids is 3. The first-order valence-corrected chi connectivity index (χ1v) is 9.11. The molecule has 0 aliphatic carbocycles. The molecular weight excluding hydrogens is 342 g/mol. The molecule has 0 unspecified atom stereocenters. The smallest absolute Gasteiger partial charge is 0.261 e. The van der Waals surface area contributed by atoms with E-state index in [2.05, 4.69) is 5.43 Å². The van der Waals surface area contributed by atoms with Gasteiger partial charge in [0.2, 0.25) is 5.91 Å². The Kier molecular flexibility index (Phi) is 5.86. The first kappa shape index (κ1) is 18.6. The van der Waals surface area contributed by atoms with Gasteiger partial charge in [0, 0.05) is 20.0 Å². The Balaban J connectivity index is 1.37. The number of amides is 3. The van der Waals surface area contributed by atoms with Gasteiger partial charge in [-0.1, -0.05) is 36.8 Å². The second-order valence-electron chi connectivity index (χ2n) is 6.55. The Morgan fingerprint density at radius 2 is 1.48 bits per heavy atom. The molecule has 3 amide bonds. The quantitative estimate of drug-likeness (QED) is 0.444. The minimum absolute atomic E-state index is 0.0536. The van der Waals surface area contributed by atoms with Crippen LogP contribution in [0.1, 0.15) is 46.4 Å². The number of para-hydroxylation sites is 1. The molecule has 1 heterocycles. The number of rotatable bonds is 8. The van der Waals surface area contributed by atoms with Crippen LogP contribution in [-0.4, -0.2) is 36.2 Å². The molecule has 0 radical (unpaired) electrons. The fourth-order valence-corrected chi connectivity index (χ4v) is 3.13. The van der Waals surface area contributed by atoms with Crippen molar-refractivity contribution in [3.63, 3.8) is 0 Å². The third-order valence-corrected chi connectivity index (χ3v) is 4.60. The molecule has 0 saturated carbocycles. The molecule has 140 valence electrons. The highest BCUT2D eigenvalue weighted by molar-refractivity contribution is 6.21. The Bertz CT molecular complexity index is 801. The fraction of sp³-hybridized carbons (Fsp3) is 0.286. The Hall–Kier alpha value is -3.15. The minimum atomic E-state index is -0.224. The van der Waals surface area contributed by atoms with Crippen LogP contribution in [-0.2, 0) is 4.79 Å². The molecule has 2 aromatic carbocycles. The Labute approximate surface area is 158 Å². The molecule has 1 aliphatic heterocycles. The van der Waals surface area contributed by atoms with Crippen LogP contribution in [0, 0.1) is 0 Å². The standard InChI is InChI=1S/C21H23N3O3/c1-23(16-10-4-2-5-11-16)22-19(25)14-6-3-9-15-24-20(26)17-12-7-8-13-18(17)21(24)27/h2,4-5,7-8,10-13H,3,6,9,14-15H2,1H3,(H,22,25). The molecule has 1 aliphatic rings. The van der Waals surface area contributed by atoms with Gasteiger partial charge >= 0.3 is 0 Å². The average molecular weight is 365 g/mol. The molecule has 3 rings (SSSR count). The van der Waals surface area contributed by atoms with Crippen LogP contribution in [0.4, 0.5) is 5.69 Å². The molecule has 0 saturated heterocycles. The van der Waals surface area contributed by atoms with Gasteiger partial charge in [-0.2, -0.15) is 0 Å². The van der Waals surface area contributed by atoms with Gasteiger partial charge in [-0.3, -0.25) is 29.7 Å². The molecule has 1 N–H and O–H groups in total. The predicted octanol–water partition coefficient (Wildman–Crippen LogP) is 3.01. The molecule has 0 fully saturated rings.